The van der Waals surface area contributed by atoms with Gasteiger partial charge in [-0.05, 0) is 37.9 Å². The molecule has 24 heavy (non-hydrogen) atoms. The first-order chi connectivity index (χ1) is 11.8. The fourth-order valence-electron chi connectivity index (χ4n) is 3.69. The van der Waals surface area contributed by atoms with E-state index in [1.807, 2.05) is 7.05 Å². The lowest BCUT2D eigenvalue weighted by atomic mass is 10.0. The third-order valence-electron chi connectivity index (χ3n) is 4.94. The minimum Gasteiger partial charge on any atom is -0.496 e. The van der Waals surface area contributed by atoms with Crippen molar-refractivity contribution in [2.45, 2.75) is 38.0 Å². The predicted octanol–water partition coefficient (Wildman–Crippen LogP) is 1.84. The molecule has 134 valence electrons. The Balaban J connectivity index is 1.52. The maximum Gasteiger partial charge on any atom is 0.123 e. The van der Waals surface area contributed by atoms with E-state index in [4.69, 9.17) is 14.2 Å². The van der Waals surface area contributed by atoms with Crippen LogP contribution < -0.4 is 10.1 Å². The van der Waals surface area contributed by atoms with Crippen molar-refractivity contribution in [3.63, 3.8) is 0 Å². The molecule has 2 aliphatic rings. The molecule has 0 aliphatic carbocycles. The average molecular weight is 334 g/mol. The van der Waals surface area contributed by atoms with Gasteiger partial charge in [-0.3, -0.25) is 4.90 Å². The molecule has 0 amide bonds. The second kappa shape index (κ2) is 8.81. The van der Waals surface area contributed by atoms with Gasteiger partial charge in [-0.15, -0.1) is 0 Å². The molecule has 2 fully saturated rings. The number of rotatable bonds is 7. The summed E-state index contributed by atoms with van der Waals surface area (Å²) in [6.45, 7) is 5.66. The zero-order valence-electron chi connectivity index (χ0n) is 14.9. The third-order valence-corrected chi connectivity index (χ3v) is 4.94. The van der Waals surface area contributed by atoms with Crippen LogP contribution in [0.25, 0.3) is 0 Å². The predicted molar refractivity (Wildman–Crippen MR) is 94.6 cm³/mol. The van der Waals surface area contributed by atoms with Gasteiger partial charge >= 0.3 is 0 Å². The highest BCUT2D eigenvalue weighted by molar-refractivity contribution is 5.37. The van der Waals surface area contributed by atoms with Gasteiger partial charge in [-0.25, -0.2) is 0 Å². The molecule has 2 atom stereocenters. The lowest BCUT2D eigenvalue weighted by Crippen LogP contribution is -2.41. The van der Waals surface area contributed by atoms with E-state index in [0.717, 1.165) is 58.0 Å². The van der Waals surface area contributed by atoms with Crippen molar-refractivity contribution in [2.75, 3.05) is 47.0 Å². The van der Waals surface area contributed by atoms with E-state index in [-0.39, 0.29) is 0 Å². The molecule has 0 spiro atoms. The molecule has 0 radical (unpaired) electrons. The molecule has 0 bridgehead atoms. The van der Waals surface area contributed by atoms with Crippen molar-refractivity contribution in [3.05, 3.63) is 29.3 Å². The maximum atomic E-state index is 6.30. The van der Waals surface area contributed by atoms with Crippen LogP contribution in [0.2, 0.25) is 0 Å². The molecular weight excluding hydrogens is 304 g/mol. The van der Waals surface area contributed by atoms with Crippen molar-refractivity contribution in [3.8, 4) is 5.75 Å². The van der Waals surface area contributed by atoms with Gasteiger partial charge < -0.3 is 19.5 Å². The van der Waals surface area contributed by atoms with Gasteiger partial charge in [-0.1, -0.05) is 12.1 Å². The Morgan fingerprint density at radius 2 is 2.00 bits per heavy atom. The summed E-state index contributed by atoms with van der Waals surface area (Å²) < 4.78 is 17.1. The van der Waals surface area contributed by atoms with Crippen molar-refractivity contribution in [1.82, 2.24) is 10.2 Å². The highest BCUT2D eigenvalue weighted by Gasteiger charge is 2.27. The number of morpholine rings is 1. The molecule has 2 saturated heterocycles. The first-order valence-corrected chi connectivity index (χ1v) is 9.04. The normalized spacial score (nSPS) is 25.1. The first kappa shape index (κ1) is 17.7. The summed E-state index contributed by atoms with van der Waals surface area (Å²) in [5, 5.41) is 3.21. The molecule has 1 aromatic carbocycles. The number of nitrogens with one attached hydrogen (secondary N) is 1. The van der Waals surface area contributed by atoms with Gasteiger partial charge in [0.15, 0.2) is 0 Å². The van der Waals surface area contributed by atoms with Crippen molar-refractivity contribution < 1.29 is 14.2 Å². The number of hydrogen-bond acceptors (Lipinski definition) is 5. The summed E-state index contributed by atoms with van der Waals surface area (Å²) >= 11 is 0. The second-order valence-corrected chi connectivity index (χ2v) is 6.75. The van der Waals surface area contributed by atoms with Crippen molar-refractivity contribution in [1.29, 1.82) is 0 Å². The fraction of sp³-hybridized carbons (Fsp3) is 0.684. The smallest absolute Gasteiger partial charge is 0.123 e. The van der Waals surface area contributed by atoms with Gasteiger partial charge in [0, 0.05) is 31.7 Å². The summed E-state index contributed by atoms with van der Waals surface area (Å²) in [6.07, 6.45) is 4.03. The van der Waals surface area contributed by atoms with E-state index in [0.29, 0.717) is 12.2 Å². The molecule has 5 heteroatoms. The maximum absolute atomic E-state index is 6.30. The molecule has 1 N–H and O–H groups in total. The summed E-state index contributed by atoms with van der Waals surface area (Å²) in [5.41, 5.74) is 2.54. The second-order valence-electron chi connectivity index (χ2n) is 6.75. The summed E-state index contributed by atoms with van der Waals surface area (Å²) in [5.74, 6) is 0.950. The Labute approximate surface area is 145 Å². The summed E-state index contributed by atoms with van der Waals surface area (Å²) in [6, 6.07) is 6.48. The summed E-state index contributed by atoms with van der Waals surface area (Å²) in [7, 11) is 3.69. The molecule has 0 unspecified atom stereocenters. The standard InChI is InChI=1S/C19H30N2O3/c1-20-13-16-11-15(3-6-19(16)22-2)12-17-4-5-18(24-17)14-21-7-9-23-10-8-21/h3,6,11,17-18,20H,4-5,7-10,12-14H2,1-2H3/t17-,18+/m0/s1. The van der Waals surface area contributed by atoms with Crippen LogP contribution in [0.5, 0.6) is 5.75 Å². The lowest BCUT2D eigenvalue weighted by Gasteiger charge is -2.28. The van der Waals surface area contributed by atoms with Crippen molar-refractivity contribution in [2.24, 2.45) is 0 Å². The van der Waals surface area contributed by atoms with Crippen LogP contribution in [0.15, 0.2) is 18.2 Å². The van der Waals surface area contributed by atoms with E-state index < -0.39 is 0 Å². The molecule has 0 aromatic heterocycles. The lowest BCUT2D eigenvalue weighted by molar-refractivity contribution is -0.0109. The third kappa shape index (κ3) is 4.70. The molecule has 2 aliphatic heterocycles. The van der Waals surface area contributed by atoms with Gasteiger partial charge in [0.25, 0.3) is 0 Å². The molecule has 3 rings (SSSR count). The van der Waals surface area contributed by atoms with Crippen LogP contribution in [-0.2, 0) is 22.4 Å². The Kier molecular flexibility index (Phi) is 6.49. The van der Waals surface area contributed by atoms with Gasteiger partial charge in [0.1, 0.15) is 5.75 Å². The molecule has 2 heterocycles. The Morgan fingerprint density at radius 3 is 2.75 bits per heavy atom. The number of benzene rings is 1. The zero-order chi connectivity index (χ0) is 16.8. The highest BCUT2D eigenvalue weighted by Crippen LogP contribution is 2.26. The topological polar surface area (TPSA) is 43.0 Å². The monoisotopic (exact) mass is 334 g/mol. The van der Waals surface area contributed by atoms with Gasteiger partial charge in [0.05, 0.1) is 32.5 Å². The molecule has 0 saturated carbocycles. The van der Waals surface area contributed by atoms with E-state index in [9.17, 15) is 0 Å². The Bertz CT molecular complexity index is 517. The van der Waals surface area contributed by atoms with Crippen LogP contribution in [0, 0.1) is 0 Å². The zero-order valence-corrected chi connectivity index (χ0v) is 14.9. The molecule has 5 nitrogen and oxygen atoms in total. The van der Waals surface area contributed by atoms with Crippen molar-refractivity contribution >= 4 is 0 Å². The molecule has 1 aromatic rings. The largest absolute Gasteiger partial charge is 0.496 e. The molecular formula is C19H30N2O3. The van der Waals surface area contributed by atoms with Gasteiger partial charge in [0.2, 0.25) is 0 Å². The van der Waals surface area contributed by atoms with Crippen LogP contribution in [0.4, 0.5) is 0 Å². The number of ether oxygens (including phenoxy) is 3. The van der Waals surface area contributed by atoms with Crippen LogP contribution in [0.1, 0.15) is 24.0 Å². The van der Waals surface area contributed by atoms with Crippen LogP contribution >= 0.6 is 0 Å². The minimum atomic E-state index is 0.340. The van der Waals surface area contributed by atoms with E-state index >= 15 is 0 Å². The Morgan fingerprint density at radius 1 is 1.21 bits per heavy atom. The minimum absolute atomic E-state index is 0.340. The Hall–Kier alpha value is -1.14. The summed E-state index contributed by atoms with van der Waals surface area (Å²) in [4.78, 5) is 2.47. The first-order valence-electron chi connectivity index (χ1n) is 9.04. The SMILES string of the molecule is CNCc1cc(C[C@@H]2CC[C@H](CN3CCOCC3)O2)ccc1OC. The van der Waals surface area contributed by atoms with E-state index in [1.165, 1.54) is 17.5 Å². The van der Waals surface area contributed by atoms with Crippen LogP contribution in [-0.4, -0.2) is 64.1 Å². The fourth-order valence-corrected chi connectivity index (χ4v) is 3.69. The van der Waals surface area contributed by atoms with E-state index in [2.05, 4.69) is 28.4 Å². The van der Waals surface area contributed by atoms with Gasteiger partial charge in [-0.2, -0.15) is 0 Å². The number of hydrogen-bond donors (Lipinski definition) is 1. The quantitative estimate of drug-likeness (QED) is 0.824. The number of nitrogens with zero attached hydrogens (tertiary/aromatic N) is 1. The van der Waals surface area contributed by atoms with E-state index in [1.54, 1.807) is 7.11 Å². The average Bonchev–Trinajstić information content (AvgIpc) is 3.03. The highest BCUT2D eigenvalue weighted by atomic mass is 16.5. The van der Waals surface area contributed by atoms with Crippen LogP contribution in [0.3, 0.4) is 0 Å². The number of methoxy groups -OCH3 is 1.